The first kappa shape index (κ1) is 9.26. The molecule has 0 bridgehead atoms. The van der Waals surface area contributed by atoms with Crippen LogP contribution in [0.1, 0.15) is 5.69 Å². The Morgan fingerprint density at radius 3 is 2.86 bits per heavy atom. The van der Waals surface area contributed by atoms with E-state index >= 15 is 0 Å². The smallest absolute Gasteiger partial charge is 0.200 e. The highest BCUT2D eigenvalue weighted by Gasteiger charge is 2.07. The fourth-order valence-corrected chi connectivity index (χ4v) is 1.72. The maximum Gasteiger partial charge on any atom is 0.200 e. The molecule has 0 atom stereocenters. The summed E-state index contributed by atoms with van der Waals surface area (Å²) in [5.74, 6) is 0.512. The molecule has 0 aliphatic rings. The van der Waals surface area contributed by atoms with Gasteiger partial charge >= 0.3 is 0 Å². The lowest BCUT2D eigenvalue weighted by Gasteiger charge is -2.05. The van der Waals surface area contributed by atoms with Crippen molar-refractivity contribution in [2.45, 2.75) is 6.54 Å². The lowest BCUT2D eigenvalue weighted by Crippen LogP contribution is -2.08. The third kappa shape index (κ3) is 1.52. The minimum Gasteiger partial charge on any atom is -0.369 e. The number of aryl methyl sites for hydroxylation is 1. The molecule has 2 N–H and O–H groups in total. The van der Waals surface area contributed by atoms with Crippen LogP contribution in [0.3, 0.4) is 0 Å². The topological polar surface area (TPSA) is 61.7 Å². The van der Waals surface area contributed by atoms with Crippen LogP contribution in [0, 0.1) is 0 Å². The van der Waals surface area contributed by atoms with Gasteiger partial charge in [-0.25, -0.2) is 4.98 Å². The van der Waals surface area contributed by atoms with Crippen molar-refractivity contribution in [3.05, 3.63) is 28.8 Å². The van der Waals surface area contributed by atoms with Gasteiger partial charge in [-0.3, -0.25) is 4.68 Å². The van der Waals surface area contributed by atoms with Gasteiger partial charge in [0, 0.05) is 19.4 Å². The van der Waals surface area contributed by atoms with Gasteiger partial charge in [0.25, 0.3) is 0 Å². The zero-order valence-corrected chi connectivity index (χ0v) is 9.27. The Morgan fingerprint density at radius 2 is 2.36 bits per heavy atom. The summed E-state index contributed by atoms with van der Waals surface area (Å²) in [5, 5.41) is 4.12. The van der Waals surface area contributed by atoms with E-state index in [1.807, 2.05) is 22.5 Å². The van der Waals surface area contributed by atoms with Crippen LogP contribution in [0.2, 0.25) is 0 Å². The Balaban J connectivity index is 2.31. The van der Waals surface area contributed by atoms with E-state index in [1.165, 1.54) is 0 Å². The second-order valence-electron chi connectivity index (χ2n) is 2.98. The van der Waals surface area contributed by atoms with Gasteiger partial charge in [0.2, 0.25) is 0 Å². The molecule has 6 heteroatoms. The van der Waals surface area contributed by atoms with E-state index in [0.29, 0.717) is 12.5 Å². The number of halogens is 1. The lowest BCUT2D eigenvalue weighted by molar-refractivity contribution is 0.669. The highest BCUT2D eigenvalue weighted by atomic mass is 79.9. The maximum atomic E-state index is 5.66. The van der Waals surface area contributed by atoms with Crippen LogP contribution < -0.4 is 5.73 Å². The quantitative estimate of drug-likeness (QED) is 0.872. The number of aromatic nitrogens is 4. The fourth-order valence-electron chi connectivity index (χ4n) is 1.25. The van der Waals surface area contributed by atoms with E-state index in [4.69, 9.17) is 5.73 Å². The molecule has 0 saturated heterocycles. The molecule has 0 aliphatic carbocycles. The van der Waals surface area contributed by atoms with Crippen molar-refractivity contribution in [1.29, 1.82) is 0 Å². The van der Waals surface area contributed by atoms with Gasteiger partial charge in [0.15, 0.2) is 5.95 Å². The molecule has 0 aliphatic heterocycles. The molecule has 5 nitrogen and oxygen atoms in total. The van der Waals surface area contributed by atoms with E-state index in [0.717, 1.165) is 10.2 Å². The Bertz CT molecular complexity index is 425. The number of hydrogen-bond acceptors (Lipinski definition) is 3. The average Bonchev–Trinajstić information content (AvgIpc) is 2.67. The van der Waals surface area contributed by atoms with Crippen LogP contribution in [0.15, 0.2) is 23.1 Å². The van der Waals surface area contributed by atoms with Crippen molar-refractivity contribution in [1.82, 2.24) is 19.3 Å². The number of nitrogens with zero attached hydrogens (tertiary/aromatic N) is 4. The molecule has 0 unspecified atom stereocenters. The molecule has 74 valence electrons. The van der Waals surface area contributed by atoms with Crippen LogP contribution in [-0.2, 0) is 13.6 Å². The van der Waals surface area contributed by atoms with Crippen LogP contribution in [0.25, 0.3) is 0 Å². The van der Waals surface area contributed by atoms with Crippen molar-refractivity contribution in [3.8, 4) is 0 Å². The zero-order valence-electron chi connectivity index (χ0n) is 7.68. The number of hydrogen-bond donors (Lipinski definition) is 1. The van der Waals surface area contributed by atoms with Crippen LogP contribution >= 0.6 is 15.9 Å². The SMILES string of the molecule is Cn1ncc(Br)c1Cn1ccnc1N. The van der Waals surface area contributed by atoms with Crippen molar-refractivity contribution in [2.24, 2.45) is 7.05 Å². The third-order valence-corrected chi connectivity index (χ3v) is 2.74. The fraction of sp³-hybridized carbons (Fsp3) is 0.250. The van der Waals surface area contributed by atoms with Crippen LogP contribution in [0.4, 0.5) is 5.95 Å². The highest BCUT2D eigenvalue weighted by molar-refractivity contribution is 9.10. The minimum atomic E-state index is 0.512. The second-order valence-corrected chi connectivity index (χ2v) is 3.83. The van der Waals surface area contributed by atoms with E-state index in [2.05, 4.69) is 26.0 Å². The summed E-state index contributed by atoms with van der Waals surface area (Å²) in [6, 6.07) is 0. The van der Waals surface area contributed by atoms with Gasteiger partial charge in [-0.2, -0.15) is 5.10 Å². The highest BCUT2D eigenvalue weighted by Crippen LogP contribution is 2.17. The number of rotatable bonds is 2. The predicted molar refractivity (Wildman–Crippen MR) is 56.6 cm³/mol. The first-order valence-corrected chi connectivity index (χ1v) is 4.91. The number of imidazole rings is 1. The van der Waals surface area contributed by atoms with E-state index < -0.39 is 0 Å². The number of nitrogen functional groups attached to an aromatic ring is 1. The largest absolute Gasteiger partial charge is 0.369 e. The Hall–Kier alpha value is -1.30. The molecular formula is C8H10BrN5. The molecule has 2 aromatic rings. The monoisotopic (exact) mass is 255 g/mol. The molecule has 0 radical (unpaired) electrons. The minimum absolute atomic E-state index is 0.512. The summed E-state index contributed by atoms with van der Waals surface area (Å²) >= 11 is 3.43. The van der Waals surface area contributed by atoms with Crippen molar-refractivity contribution < 1.29 is 0 Å². The Kier molecular flexibility index (Phi) is 2.28. The molecular weight excluding hydrogens is 246 g/mol. The molecule has 2 heterocycles. The van der Waals surface area contributed by atoms with Crippen LogP contribution in [0.5, 0.6) is 0 Å². The van der Waals surface area contributed by atoms with Crippen molar-refractivity contribution in [2.75, 3.05) is 5.73 Å². The van der Waals surface area contributed by atoms with Crippen LogP contribution in [-0.4, -0.2) is 19.3 Å². The summed E-state index contributed by atoms with van der Waals surface area (Å²) in [6.07, 6.45) is 5.29. The van der Waals surface area contributed by atoms with E-state index in [9.17, 15) is 0 Å². The van der Waals surface area contributed by atoms with Crippen molar-refractivity contribution >= 4 is 21.9 Å². The third-order valence-electron chi connectivity index (χ3n) is 2.08. The van der Waals surface area contributed by atoms with E-state index in [1.54, 1.807) is 12.4 Å². The van der Waals surface area contributed by atoms with Gasteiger partial charge in [-0.15, -0.1) is 0 Å². The van der Waals surface area contributed by atoms with Gasteiger partial charge in [-0.1, -0.05) is 0 Å². The molecule has 2 aromatic heterocycles. The molecule has 0 fully saturated rings. The Labute approximate surface area is 89.7 Å². The van der Waals surface area contributed by atoms with Gasteiger partial charge in [0.05, 0.1) is 22.9 Å². The summed E-state index contributed by atoms with van der Waals surface area (Å²) in [6.45, 7) is 0.670. The second kappa shape index (κ2) is 3.45. The number of nitrogens with two attached hydrogens (primary N) is 1. The lowest BCUT2D eigenvalue weighted by atomic mass is 10.4. The predicted octanol–water partition coefficient (Wildman–Crippen LogP) is 1.01. The molecule has 2 rings (SSSR count). The van der Waals surface area contributed by atoms with E-state index in [-0.39, 0.29) is 0 Å². The molecule has 0 spiro atoms. The molecule has 0 aromatic carbocycles. The van der Waals surface area contributed by atoms with Gasteiger partial charge < -0.3 is 10.3 Å². The van der Waals surface area contributed by atoms with Gasteiger partial charge in [-0.05, 0) is 15.9 Å². The molecule has 14 heavy (non-hydrogen) atoms. The average molecular weight is 256 g/mol. The Morgan fingerprint density at radius 1 is 1.57 bits per heavy atom. The molecule has 0 saturated carbocycles. The normalized spacial score (nSPS) is 10.7. The van der Waals surface area contributed by atoms with Gasteiger partial charge in [0.1, 0.15) is 0 Å². The first-order chi connectivity index (χ1) is 6.68. The number of anilines is 1. The summed E-state index contributed by atoms with van der Waals surface area (Å²) in [7, 11) is 1.90. The standard InChI is InChI=1S/C8H10BrN5/c1-13-7(6(9)4-12-13)5-14-3-2-11-8(14)10/h2-4H,5H2,1H3,(H2,10,11). The maximum absolute atomic E-state index is 5.66. The summed E-state index contributed by atoms with van der Waals surface area (Å²) in [4.78, 5) is 3.95. The summed E-state index contributed by atoms with van der Waals surface area (Å²) in [5.41, 5.74) is 6.73. The molecule has 0 amide bonds. The summed E-state index contributed by atoms with van der Waals surface area (Å²) < 4.78 is 4.65. The zero-order chi connectivity index (χ0) is 10.1. The van der Waals surface area contributed by atoms with Crippen molar-refractivity contribution in [3.63, 3.8) is 0 Å². The first-order valence-electron chi connectivity index (χ1n) is 4.11.